The maximum atomic E-state index is 13.2. The molecule has 0 atom stereocenters. The number of carbonyl (C=O) groups is 1. The number of anilines is 1. The van der Waals surface area contributed by atoms with Crippen LogP contribution >= 0.6 is 11.6 Å². The molecule has 1 aliphatic heterocycles. The van der Waals surface area contributed by atoms with E-state index in [9.17, 15) is 4.79 Å². The van der Waals surface area contributed by atoms with Gasteiger partial charge in [0.05, 0.1) is 35.7 Å². The summed E-state index contributed by atoms with van der Waals surface area (Å²) in [6.45, 7) is 3.13. The number of hydrogen-bond donors (Lipinski definition) is 1. The molecule has 166 valence electrons. The van der Waals surface area contributed by atoms with Crippen molar-refractivity contribution in [1.82, 2.24) is 4.98 Å². The number of fused-ring (bicyclic) bond motifs is 1. The largest absolute Gasteiger partial charge is 0.490 e. The zero-order chi connectivity index (χ0) is 22.8. The summed E-state index contributed by atoms with van der Waals surface area (Å²) in [5, 5.41) is 3.24. The fraction of sp³-hybridized carbons (Fsp3) is 0.154. The summed E-state index contributed by atoms with van der Waals surface area (Å²) in [5.41, 5.74) is 3.51. The molecule has 1 N–H and O–H groups in total. The highest BCUT2D eigenvalue weighted by molar-refractivity contribution is 6.34. The van der Waals surface area contributed by atoms with E-state index in [4.69, 9.17) is 25.5 Å². The van der Waals surface area contributed by atoms with Crippen LogP contribution in [-0.4, -0.2) is 24.1 Å². The quantitative estimate of drug-likeness (QED) is 0.382. The molecule has 5 rings (SSSR count). The van der Waals surface area contributed by atoms with Crippen molar-refractivity contribution in [3.63, 3.8) is 0 Å². The zero-order valence-corrected chi connectivity index (χ0v) is 18.7. The summed E-state index contributed by atoms with van der Waals surface area (Å²) in [6.07, 6.45) is 2.44. The van der Waals surface area contributed by atoms with Crippen molar-refractivity contribution in [2.75, 3.05) is 18.5 Å². The molecule has 0 saturated carbocycles. The summed E-state index contributed by atoms with van der Waals surface area (Å²) < 4.78 is 17.4. The summed E-state index contributed by atoms with van der Waals surface area (Å²) >= 11 is 6.40. The molecule has 0 fully saturated rings. The van der Waals surface area contributed by atoms with Gasteiger partial charge < -0.3 is 19.2 Å². The second-order valence-electron chi connectivity index (χ2n) is 7.72. The summed E-state index contributed by atoms with van der Waals surface area (Å²) in [7, 11) is 0. The first-order valence-corrected chi connectivity index (χ1v) is 11.0. The summed E-state index contributed by atoms with van der Waals surface area (Å²) in [5.74, 6) is 1.78. The van der Waals surface area contributed by atoms with Crippen LogP contribution in [0.5, 0.6) is 11.5 Å². The van der Waals surface area contributed by atoms with E-state index in [2.05, 4.69) is 10.3 Å². The average molecular weight is 461 g/mol. The predicted octanol–water partition coefficient (Wildman–Crippen LogP) is 6.38. The van der Waals surface area contributed by atoms with Crippen molar-refractivity contribution in [2.24, 2.45) is 0 Å². The van der Waals surface area contributed by atoms with E-state index < -0.39 is 0 Å². The lowest BCUT2D eigenvalue weighted by Gasteiger charge is -2.13. The molecule has 7 heteroatoms. The van der Waals surface area contributed by atoms with E-state index in [0.29, 0.717) is 58.2 Å². The highest BCUT2D eigenvalue weighted by Gasteiger charge is 2.20. The van der Waals surface area contributed by atoms with Gasteiger partial charge in [-0.1, -0.05) is 53.6 Å². The van der Waals surface area contributed by atoms with Gasteiger partial charge in [-0.3, -0.25) is 4.79 Å². The first kappa shape index (κ1) is 21.1. The van der Waals surface area contributed by atoms with Crippen molar-refractivity contribution in [3.05, 3.63) is 83.0 Å². The Morgan fingerprint density at radius 2 is 1.73 bits per heavy atom. The van der Waals surface area contributed by atoms with Crippen molar-refractivity contribution >= 4 is 23.2 Å². The highest BCUT2D eigenvalue weighted by atomic mass is 35.5. The number of nitrogens with one attached hydrogen (secondary N) is 1. The number of oxazole rings is 1. The molecular formula is C26H21ClN2O4. The molecule has 1 aromatic heterocycles. The number of carbonyl (C=O) groups excluding carboxylic acids is 1. The van der Waals surface area contributed by atoms with Crippen LogP contribution in [0.2, 0.25) is 5.02 Å². The fourth-order valence-corrected chi connectivity index (χ4v) is 3.79. The third-order valence-electron chi connectivity index (χ3n) is 5.33. The third-order valence-corrected chi connectivity index (χ3v) is 5.64. The number of aromatic nitrogens is 1. The maximum Gasteiger partial charge on any atom is 0.256 e. The molecule has 6 nitrogen and oxygen atoms in total. The van der Waals surface area contributed by atoms with Crippen molar-refractivity contribution < 1.29 is 18.7 Å². The normalized spacial score (nSPS) is 12.8. The minimum Gasteiger partial charge on any atom is -0.490 e. The van der Waals surface area contributed by atoms with E-state index >= 15 is 0 Å². The second kappa shape index (κ2) is 9.00. The Morgan fingerprint density at radius 1 is 1.00 bits per heavy atom. The molecule has 0 aliphatic carbocycles. The molecule has 0 spiro atoms. The minimum absolute atomic E-state index is 0.336. The Morgan fingerprint density at radius 3 is 2.52 bits per heavy atom. The first-order valence-electron chi connectivity index (χ1n) is 10.6. The van der Waals surface area contributed by atoms with E-state index in [1.165, 1.54) is 0 Å². The average Bonchev–Trinajstić information content (AvgIpc) is 3.21. The monoisotopic (exact) mass is 460 g/mol. The highest BCUT2D eigenvalue weighted by Crippen LogP contribution is 2.38. The molecule has 0 radical (unpaired) electrons. The predicted molar refractivity (Wildman–Crippen MR) is 127 cm³/mol. The number of rotatable bonds is 4. The van der Waals surface area contributed by atoms with E-state index in [1.54, 1.807) is 36.5 Å². The topological polar surface area (TPSA) is 73.6 Å². The number of nitrogens with zero attached hydrogens (tertiary/aromatic N) is 1. The van der Waals surface area contributed by atoms with Gasteiger partial charge in [0.1, 0.15) is 0 Å². The van der Waals surface area contributed by atoms with Crippen LogP contribution in [0.25, 0.3) is 22.8 Å². The number of aryl methyl sites for hydroxylation is 1. The number of amides is 1. The zero-order valence-electron chi connectivity index (χ0n) is 17.9. The lowest BCUT2D eigenvalue weighted by atomic mass is 10.1. The molecule has 4 aromatic rings. The minimum atomic E-state index is -0.336. The number of benzene rings is 3. The number of hydrogen-bond acceptors (Lipinski definition) is 5. The SMILES string of the molecule is Cc1ccc(-c2cnc(-c3ccccc3C(=O)Nc3cc4c(cc3Cl)OCCCO4)o2)cc1. The van der Waals surface area contributed by atoms with Crippen molar-refractivity contribution in [2.45, 2.75) is 13.3 Å². The van der Waals surface area contributed by atoms with Gasteiger partial charge in [0, 0.05) is 29.7 Å². The molecule has 2 heterocycles. The van der Waals surface area contributed by atoms with Crippen molar-refractivity contribution in [1.29, 1.82) is 0 Å². The smallest absolute Gasteiger partial charge is 0.256 e. The Hall–Kier alpha value is -3.77. The third kappa shape index (κ3) is 4.43. The molecule has 33 heavy (non-hydrogen) atoms. The number of halogens is 1. The maximum absolute atomic E-state index is 13.2. The van der Waals surface area contributed by atoms with Gasteiger partial charge in [-0.05, 0) is 19.1 Å². The van der Waals surface area contributed by atoms with Gasteiger partial charge in [-0.15, -0.1) is 0 Å². The van der Waals surface area contributed by atoms with Gasteiger partial charge in [0.2, 0.25) is 5.89 Å². The molecule has 0 saturated heterocycles. The lowest BCUT2D eigenvalue weighted by molar-refractivity contribution is 0.102. The van der Waals surface area contributed by atoms with Gasteiger partial charge in [0.25, 0.3) is 5.91 Å². The van der Waals surface area contributed by atoms with Crippen LogP contribution in [-0.2, 0) is 0 Å². The standard InChI is InChI=1S/C26H21ClN2O4/c1-16-7-9-17(10-8-16)24-15-28-26(33-24)19-6-3-2-5-18(19)25(30)29-21-14-23-22(13-20(21)27)31-11-4-12-32-23/h2-3,5-10,13-15H,4,11-12H2,1H3,(H,29,30). The van der Waals surface area contributed by atoms with Gasteiger partial charge in [0.15, 0.2) is 17.3 Å². The Bertz CT molecular complexity index is 1310. The van der Waals surface area contributed by atoms with Gasteiger partial charge >= 0.3 is 0 Å². The molecule has 1 amide bonds. The lowest BCUT2D eigenvalue weighted by Crippen LogP contribution is -2.13. The van der Waals surface area contributed by atoms with Crippen LogP contribution in [0.4, 0.5) is 5.69 Å². The van der Waals surface area contributed by atoms with Crippen LogP contribution in [0, 0.1) is 6.92 Å². The van der Waals surface area contributed by atoms with E-state index in [-0.39, 0.29) is 5.91 Å². The van der Waals surface area contributed by atoms with Gasteiger partial charge in [-0.25, -0.2) is 4.98 Å². The van der Waals surface area contributed by atoms with Gasteiger partial charge in [-0.2, -0.15) is 0 Å². The van der Waals surface area contributed by atoms with E-state index in [1.807, 2.05) is 37.3 Å². The molecule has 0 unspecified atom stereocenters. The van der Waals surface area contributed by atoms with Crippen molar-refractivity contribution in [3.8, 4) is 34.3 Å². The van der Waals surface area contributed by atoms with Crippen LogP contribution < -0.4 is 14.8 Å². The summed E-state index contributed by atoms with van der Waals surface area (Å²) in [4.78, 5) is 17.6. The molecule has 3 aromatic carbocycles. The van der Waals surface area contributed by atoms with E-state index in [0.717, 1.165) is 17.5 Å². The second-order valence-corrected chi connectivity index (χ2v) is 8.13. The van der Waals surface area contributed by atoms with Crippen LogP contribution in [0.15, 0.2) is 71.3 Å². The van der Waals surface area contributed by atoms with Crippen LogP contribution in [0.3, 0.4) is 0 Å². The molecule has 0 bridgehead atoms. The fourth-order valence-electron chi connectivity index (χ4n) is 3.59. The first-order chi connectivity index (χ1) is 16.1. The Labute approximate surface area is 196 Å². The summed E-state index contributed by atoms with van der Waals surface area (Å²) in [6, 6.07) is 18.5. The molecule has 1 aliphatic rings. The number of ether oxygens (including phenoxy) is 2. The Kier molecular flexibility index (Phi) is 5.75. The van der Waals surface area contributed by atoms with Crippen LogP contribution in [0.1, 0.15) is 22.3 Å². The Balaban J connectivity index is 1.43. The molecular weight excluding hydrogens is 440 g/mol.